The summed E-state index contributed by atoms with van der Waals surface area (Å²) in [5, 5.41) is 3.64. The molecule has 20 heavy (non-hydrogen) atoms. The van der Waals surface area contributed by atoms with Gasteiger partial charge in [-0.1, -0.05) is 30.7 Å². The zero-order valence-corrected chi connectivity index (χ0v) is 13.3. The lowest BCUT2D eigenvalue weighted by molar-refractivity contribution is 0.0149. The van der Waals surface area contributed by atoms with Gasteiger partial charge in [-0.15, -0.1) is 0 Å². The highest BCUT2D eigenvalue weighted by molar-refractivity contribution is 5.31. The molecule has 0 aliphatic carbocycles. The van der Waals surface area contributed by atoms with Crippen LogP contribution < -0.4 is 5.32 Å². The van der Waals surface area contributed by atoms with Crippen LogP contribution in [-0.4, -0.2) is 26.3 Å². The summed E-state index contributed by atoms with van der Waals surface area (Å²) in [6.07, 6.45) is 4.74. The Bertz CT molecular complexity index is 421. The molecule has 2 nitrogen and oxygen atoms in total. The smallest absolute Gasteiger partial charge is 0.0471 e. The van der Waals surface area contributed by atoms with Crippen molar-refractivity contribution in [1.29, 1.82) is 0 Å². The highest BCUT2D eigenvalue weighted by Crippen LogP contribution is 2.34. The number of ether oxygens (including phenoxy) is 1. The van der Waals surface area contributed by atoms with Crippen LogP contribution >= 0.6 is 0 Å². The third kappa shape index (κ3) is 4.07. The van der Waals surface area contributed by atoms with E-state index in [-0.39, 0.29) is 0 Å². The van der Waals surface area contributed by atoms with Crippen LogP contribution in [0.3, 0.4) is 0 Å². The largest absolute Gasteiger partial charge is 0.381 e. The van der Waals surface area contributed by atoms with Crippen LogP contribution in [0.2, 0.25) is 0 Å². The van der Waals surface area contributed by atoms with Gasteiger partial charge in [0.2, 0.25) is 0 Å². The summed E-state index contributed by atoms with van der Waals surface area (Å²) in [7, 11) is 0. The van der Waals surface area contributed by atoms with E-state index in [4.69, 9.17) is 4.74 Å². The van der Waals surface area contributed by atoms with Gasteiger partial charge in [0.15, 0.2) is 0 Å². The minimum absolute atomic E-state index is 0.381. The molecule has 1 aliphatic rings. The molecule has 1 aromatic rings. The molecule has 1 fully saturated rings. The average Bonchev–Trinajstić information content (AvgIpc) is 2.44. The van der Waals surface area contributed by atoms with Gasteiger partial charge >= 0.3 is 0 Å². The second-order valence-electron chi connectivity index (χ2n) is 6.40. The first-order chi connectivity index (χ1) is 9.65. The number of rotatable bonds is 6. The lowest BCUT2D eigenvalue weighted by Crippen LogP contribution is -2.41. The van der Waals surface area contributed by atoms with E-state index in [1.807, 2.05) is 0 Å². The highest BCUT2D eigenvalue weighted by atomic mass is 16.5. The van der Waals surface area contributed by atoms with E-state index in [1.165, 1.54) is 42.4 Å². The quantitative estimate of drug-likeness (QED) is 0.800. The van der Waals surface area contributed by atoms with Gasteiger partial charge < -0.3 is 10.1 Å². The van der Waals surface area contributed by atoms with Gasteiger partial charge in [0.25, 0.3) is 0 Å². The first-order valence-corrected chi connectivity index (χ1v) is 8.00. The number of hydrogen-bond acceptors (Lipinski definition) is 2. The Balaban J connectivity index is 2.12. The van der Waals surface area contributed by atoms with Gasteiger partial charge in [0.05, 0.1) is 0 Å². The van der Waals surface area contributed by atoms with E-state index in [1.54, 1.807) is 0 Å². The fraction of sp³-hybridized carbons (Fsp3) is 0.667. The Kier molecular flexibility index (Phi) is 5.62. The van der Waals surface area contributed by atoms with E-state index < -0.39 is 0 Å². The van der Waals surface area contributed by atoms with Crippen molar-refractivity contribution >= 4 is 0 Å². The van der Waals surface area contributed by atoms with Crippen LogP contribution in [0.5, 0.6) is 0 Å². The Morgan fingerprint density at radius 1 is 1.20 bits per heavy atom. The van der Waals surface area contributed by atoms with Gasteiger partial charge in [0, 0.05) is 19.8 Å². The molecule has 1 heterocycles. The van der Waals surface area contributed by atoms with Crippen LogP contribution in [0.4, 0.5) is 0 Å². The van der Waals surface area contributed by atoms with Crippen molar-refractivity contribution < 1.29 is 4.74 Å². The molecule has 2 rings (SSSR count). The van der Waals surface area contributed by atoms with E-state index in [0.29, 0.717) is 5.41 Å². The Labute approximate surface area is 123 Å². The zero-order chi connectivity index (χ0) is 14.4. The summed E-state index contributed by atoms with van der Waals surface area (Å²) in [4.78, 5) is 0. The second kappa shape index (κ2) is 7.24. The summed E-state index contributed by atoms with van der Waals surface area (Å²) in [5.41, 5.74) is 4.70. The van der Waals surface area contributed by atoms with E-state index in [2.05, 4.69) is 44.3 Å². The minimum Gasteiger partial charge on any atom is -0.381 e. The molecule has 0 radical (unpaired) electrons. The first kappa shape index (κ1) is 15.5. The van der Waals surface area contributed by atoms with Gasteiger partial charge in [-0.05, 0) is 62.6 Å². The molecule has 0 spiro atoms. The normalized spacial score (nSPS) is 18.1. The third-order valence-electron chi connectivity index (χ3n) is 4.55. The summed E-state index contributed by atoms with van der Waals surface area (Å²) in [6.45, 7) is 10.7. The van der Waals surface area contributed by atoms with Crippen LogP contribution in [0.1, 0.15) is 42.9 Å². The summed E-state index contributed by atoms with van der Waals surface area (Å²) >= 11 is 0. The Morgan fingerprint density at radius 2 is 1.95 bits per heavy atom. The molecule has 0 atom stereocenters. The van der Waals surface area contributed by atoms with Crippen molar-refractivity contribution in [1.82, 2.24) is 5.32 Å². The van der Waals surface area contributed by atoms with Gasteiger partial charge in [-0.3, -0.25) is 0 Å². The fourth-order valence-corrected chi connectivity index (χ4v) is 3.15. The second-order valence-corrected chi connectivity index (χ2v) is 6.40. The van der Waals surface area contributed by atoms with E-state index in [9.17, 15) is 0 Å². The number of hydrogen-bond donors (Lipinski definition) is 1. The van der Waals surface area contributed by atoms with E-state index in [0.717, 1.165) is 26.3 Å². The molecule has 2 heteroatoms. The maximum absolute atomic E-state index is 5.59. The lowest BCUT2D eigenvalue weighted by Gasteiger charge is -2.38. The minimum atomic E-state index is 0.381. The fourth-order valence-electron chi connectivity index (χ4n) is 3.15. The number of benzene rings is 1. The van der Waals surface area contributed by atoms with Gasteiger partial charge in [-0.25, -0.2) is 0 Å². The lowest BCUT2D eigenvalue weighted by atomic mass is 9.74. The zero-order valence-electron chi connectivity index (χ0n) is 13.3. The summed E-state index contributed by atoms with van der Waals surface area (Å²) < 4.78 is 5.59. The molecule has 1 N–H and O–H groups in total. The molecule has 1 aliphatic heterocycles. The molecule has 1 saturated heterocycles. The maximum atomic E-state index is 5.59. The Morgan fingerprint density at radius 3 is 2.65 bits per heavy atom. The van der Waals surface area contributed by atoms with Crippen LogP contribution in [0.25, 0.3) is 0 Å². The monoisotopic (exact) mass is 275 g/mol. The van der Waals surface area contributed by atoms with Crippen molar-refractivity contribution in [3.05, 3.63) is 34.9 Å². The molecule has 0 saturated carbocycles. The van der Waals surface area contributed by atoms with Crippen molar-refractivity contribution in [2.24, 2.45) is 5.41 Å². The first-order valence-electron chi connectivity index (χ1n) is 8.00. The number of aryl methyl sites for hydroxylation is 2. The van der Waals surface area contributed by atoms with E-state index >= 15 is 0 Å². The summed E-state index contributed by atoms with van der Waals surface area (Å²) in [5.74, 6) is 0. The van der Waals surface area contributed by atoms with Crippen LogP contribution in [0, 0.1) is 19.3 Å². The Hall–Kier alpha value is -0.860. The van der Waals surface area contributed by atoms with Gasteiger partial charge in [0.1, 0.15) is 0 Å². The molecular weight excluding hydrogens is 246 g/mol. The average molecular weight is 275 g/mol. The van der Waals surface area contributed by atoms with Crippen LogP contribution in [-0.2, 0) is 11.2 Å². The third-order valence-corrected chi connectivity index (χ3v) is 4.55. The molecule has 112 valence electrons. The molecular formula is C18H29NO. The highest BCUT2D eigenvalue weighted by Gasteiger charge is 2.32. The molecule has 0 bridgehead atoms. The number of nitrogens with one attached hydrogen (secondary N) is 1. The van der Waals surface area contributed by atoms with Crippen molar-refractivity contribution in [2.75, 3.05) is 26.3 Å². The van der Waals surface area contributed by atoms with Crippen molar-refractivity contribution in [2.45, 2.75) is 46.5 Å². The predicted octanol–water partition coefficient (Wildman–Crippen LogP) is 3.64. The van der Waals surface area contributed by atoms with Gasteiger partial charge in [-0.2, -0.15) is 0 Å². The maximum Gasteiger partial charge on any atom is 0.0471 e. The summed E-state index contributed by atoms with van der Waals surface area (Å²) in [6, 6.07) is 6.84. The van der Waals surface area contributed by atoms with Crippen molar-refractivity contribution in [3.63, 3.8) is 0 Å². The standard InChI is InChI=1S/C18H29NO/c1-4-9-19-14-18(7-10-20-11-8-18)13-17-12-15(2)5-6-16(17)3/h5-6,12,19H,4,7-11,13-14H2,1-3H3. The van der Waals surface area contributed by atoms with Crippen molar-refractivity contribution in [3.8, 4) is 0 Å². The molecule has 1 aromatic carbocycles. The molecule has 0 unspecified atom stereocenters. The SMILES string of the molecule is CCCNCC1(Cc2cc(C)ccc2C)CCOCC1. The molecule has 0 aromatic heterocycles. The predicted molar refractivity (Wildman–Crippen MR) is 85.3 cm³/mol. The topological polar surface area (TPSA) is 21.3 Å². The van der Waals surface area contributed by atoms with Crippen LogP contribution in [0.15, 0.2) is 18.2 Å². The molecule has 0 amide bonds.